The Morgan fingerprint density at radius 1 is 1.16 bits per heavy atom. The number of nitrogen functional groups attached to an aromatic ring is 2. The van der Waals surface area contributed by atoms with Crippen LogP contribution in [0.1, 0.15) is 19.4 Å². The van der Waals surface area contributed by atoms with Crippen molar-refractivity contribution in [2.75, 3.05) is 24.7 Å². The Hall–Kier alpha value is -3.24. The summed E-state index contributed by atoms with van der Waals surface area (Å²) in [6.07, 6.45) is -4.39. The molecule has 43 heavy (non-hydrogen) atoms. The van der Waals surface area contributed by atoms with E-state index in [-0.39, 0.29) is 29.5 Å². The number of H-pyrrole nitrogens is 1. The molecular weight excluding hydrogens is 618 g/mol. The third kappa shape index (κ3) is 4.60. The number of ether oxygens (including phenoxy) is 2. The number of alkyl halides is 1. The molecule has 4 aromatic heterocycles. The number of aliphatic hydroxyl groups excluding tert-OH is 1. The highest BCUT2D eigenvalue weighted by atomic mass is 32.5. The number of rotatable bonds is 8. The van der Waals surface area contributed by atoms with Crippen molar-refractivity contribution in [3.05, 3.63) is 29.3 Å². The summed E-state index contributed by atoms with van der Waals surface area (Å²) in [4.78, 5) is 56.6. The Morgan fingerprint density at radius 2 is 1.91 bits per heavy atom. The van der Waals surface area contributed by atoms with Gasteiger partial charge in [-0.05, 0) is 18.7 Å². The molecule has 4 aromatic rings. The standard InChI is InChI=1S/C21H24FN10O9PS/c1-21(13-12(39-40-13)19(38-21)31-5-27-9-14(23)25-4-26-15(9)31)3-36-42(35,43)41-11-8(22)7(2-33)37-18(11)32-6-28-10-16(32)29-20(24)30-17(10)34/h4-8,11-13,18-19,33H,2-3H2,1H3,(H,35,43)(H2,23,25,26)(H3,24,29,30,34)/t7-,8-,11+,12?,13+,18-,19-,21-,42?/m1/s1. The van der Waals surface area contributed by atoms with Crippen LogP contribution in [0.3, 0.4) is 0 Å². The predicted octanol–water partition coefficient (Wildman–Crippen LogP) is -1.04. The maximum absolute atomic E-state index is 15.4. The molecule has 230 valence electrons. The fraction of sp³-hybridized carbons (Fsp3) is 0.524. The van der Waals surface area contributed by atoms with Gasteiger partial charge in [-0.1, -0.05) is 0 Å². The predicted molar refractivity (Wildman–Crippen MR) is 144 cm³/mol. The fourth-order valence-corrected chi connectivity index (χ4v) is 6.79. The van der Waals surface area contributed by atoms with Crippen LogP contribution >= 0.6 is 6.72 Å². The van der Waals surface area contributed by atoms with Crippen molar-refractivity contribution in [1.82, 2.24) is 39.0 Å². The van der Waals surface area contributed by atoms with Gasteiger partial charge in [0.15, 0.2) is 53.5 Å². The topological polar surface area (TPSA) is 255 Å². The molecule has 0 bridgehead atoms. The van der Waals surface area contributed by atoms with Crippen molar-refractivity contribution in [3.8, 4) is 0 Å². The summed E-state index contributed by atoms with van der Waals surface area (Å²) >= 11 is 5.23. The van der Waals surface area contributed by atoms with Crippen LogP contribution in [0.5, 0.6) is 0 Å². The molecule has 3 fully saturated rings. The Morgan fingerprint density at radius 3 is 2.63 bits per heavy atom. The second-order valence-electron chi connectivity index (χ2n) is 10.3. The average Bonchev–Trinajstić information content (AvgIpc) is 3.66. The second-order valence-corrected chi connectivity index (χ2v) is 13.1. The van der Waals surface area contributed by atoms with Crippen LogP contribution in [-0.2, 0) is 40.1 Å². The van der Waals surface area contributed by atoms with Gasteiger partial charge in [0, 0.05) is 0 Å². The van der Waals surface area contributed by atoms with Gasteiger partial charge in [0.25, 0.3) is 5.56 Å². The van der Waals surface area contributed by atoms with Gasteiger partial charge in [-0.15, -0.1) is 0 Å². The van der Waals surface area contributed by atoms with Gasteiger partial charge in [0.1, 0.15) is 29.7 Å². The van der Waals surface area contributed by atoms with Crippen molar-refractivity contribution >= 4 is 52.6 Å². The monoisotopic (exact) mass is 642 g/mol. The minimum Gasteiger partial charge on any atom is -0.394 e. The molecule has 7 rings (SSSR count). The number of fused-ring (bicyclic) bond motifs is 3. The summed E-state index contributed by atoms with van der Waals surface area (Å²) in [5.41, 5.74) is 10.3. The molecule has 9 atom stereocenters. The zero-order valence-electron chi connectivity index (χ0n) is 22.0. The number of hydrogen-bond donors (Lipinski definition) is 5. The molecule has 22 heteroatoms. The average molecular weight is 643 g/mol. The molecule has 7 heterocycles. The van der Waals surface area contributed by atoms with E-state index >= 15 is 4.39 Å². The third-order valence-corrected chi connectivity index (χ3v) is 8.98. The third-order valence-electron chi connectivity index (χ3n) is 7.44. The number of nitrogens with zero attached hydrogens (tertiary/aromatic N) is 7. The number of imidazole rings is 2. The molecule has 0 spiro atoms. The molecule has 3 aliphatic rings. The number of nitrogens with two attached hydrogens (primary N) is 2. The van der Waals surface area contributed by atoms with Gasteiger partial charge in [-0.2, -0.15) is 4.98 Å². The summed E-state index contributed by atoms with van der Waals surface area (Å²) in [6, 6.07) is 0. The van der Waals surface area contributed by atoms with Crippen LogP contribution in [0.25, 0.3) is 22.3 Å². The molecule has 0 aromatic carbocycles. The molecule has 0 saturated carbocycles. The van der Waals surface area contributed by atoms with Crippen LogP contribution < -0.4 is 17.0 Å². The van der Waals surface area contributed by atoms with Gasteiger partial charge in [-0.25, -0.2) is 34.1 Å². The van der Waals surface area contributed by atoms with E-state index in [1.807, 2.05) is 0 Å². The van der Waals surface area contributed by atoms with Crippen LogP contribution in [0.2, 0.25) is 0 Å². The van der Waals surface area contributed by atoms with E-state index < -0.39 is 67.5 Å². The lowest BCUT2D eigenvalue weighted by Crippen LogP contribution is -2.53. The van der Waals surface area contributed by atoms with Crippen LogP contribution in [0.4, 0.5) is 16.2 Å². The van der Waals surface area contributed by atoms with E-state index in [0.717, 1.165) is 0 Å². The van der Waals surface area contributed by atoms with Gasteiger partial charge >= 0.3 is 6.72 Å². The van der Waals surface area contributed by atoms with Crippen molar-refractivity contribution in [1.29, 1.82) is 0 Å². The van der Waals surface area contributed by atoms with E-state index in [1.165, 1.54) is 23.5 Å². The number of aromatic nitrogens is 8. The van der Waals surface area contributed by atoms with Crippen molar-refractivity contribution < 1.29 is 42.7 Å². The first kappa shape index (κ1) is 28.5. The molecule has 0 amide bonds. The summed E-state index contributed by atoms with van der Waals surface area (Å²) < 4.78 is 41.4. The lowest BCUT2D eigenvalue weighted by molar-refractivity contribution is -0.468. The molecule has 0 aliphatic carbocycles. The lowest BCUT2D eigenvalue weighted by atomic mass is 9.97. The van der Waals surface area contributed by atoms with Gasteiger partial charge < -0.3 is 35.5 Å². The summed E-state index contributed by atoms with van der Waals surface area (Å²) in [6.45, 7) is -3.65. The highest BCUT2D eigenvalue weighted by Gasteiger charge is 2.62. The number of nitrogens with one attached hydrogen (secondary N) is 1. The Labute approximate surface area is 244 Å². The Bertz CT molecular complexity index is 1820. The number of aliphatic hydroxyl groups is 1. The van der Waals surface area contributed by atoms with Crippen LogP contribution in [-0.4, -0.2) is 98.4 Å². The SMILES string of the molecule is C[C@]1(COP(O)(=S)O[C@H]2[C@H](F)[C@@H](CO)O[C@H]2n2cnc3c(=O)[nH]c(N)nc32)O[C@@H](n2cnc3c(N)ncnc32)C2OO[C@@H]21. The summed E-state index contributed by atoms with van der Waals surface area (Å²) in [5.74, 6) is -0.0316. The second kappa shape index (κ2) is 10.2. The molecule has 2 unspecified atom stereocenters. The number of hydrogen-bond acceptors (Lipinski definition) is 16. The van der Waals surface area contributed by atoms with Gasteiger partial charge in [-0.3, -0.25) is 23.4 Å². The lowest BCUT2D eigenvalue weighted by Gasteiger charge is -2.36. The molecule has 0 radical (unpaired) electrons. The van der Waals surface area contributed by atoms with E-state index in [0.29, 0.717) is 11.2 Å². The van der Waals surface area contributed by atoms with Gasteiger partial charge in [0.2, 0.25) is 5.95 Å². The van der Waals surface area contributed by atoms with E-state index in [1.54, 1.807) is 11.5 Å². The highest BCUT2D eigenvalue weighted by molar-refractivity contribution is 8.07. The minimum atomic E-state index is -4.23. The quantitative estimate of drug-likeness (QED) is 0.114. The first-order chi connectivity index (χ1) is 20.5. The fourth-order valence-electron chi connectivity index (χ4n) is 5.32. The Balaban J connectivity index is 1.11. The van der Waals surface area contributed by atoms with Crippen molar-refractivity contribution in [2.24, 2.45) is 0 Å². The van der Waals surface area contributed by atoms with Crippen molar-refractivity contribution in [3.63, 3.8) is 0 Å². The maximum Gasteiger partial charge on any atom is 0.325 e. The minimum absolute atomic E-state index is 0.0389. The van der Waals surface area contributed by atoms with E-state index in [2.05, 4.69) is 29.9 Å². The smallest absolute Gasteiger partial charge is 0.325 e. The van der Waals surface area contributed by atoms with Gasteiger partial charge in [0.05, 0.1) is 25.9 Å². The van der Waals surface area contributed by atoms with Crippen molar-refractivity contribution in [2.45, 2.75) is 55.6 Å². The number of aromatic amines is 1. The van der Waals surface area contributed by atoms with Crippen LogP contribution in [0.15, 0.2) is 23.8 Å². The first-order valence-corrected chi connectivity index (χ1v) is 15.3. The first-order valence-electron chi connectivity index (χ1n) is 12.7. The number of halogens is 1. The maximum atomic E-state index is 15.4. The molecule has 3 saturated heterocycles. The van der Waals surface area contributed by atoms with Crippen LogP contribution in [0, 0.1) is 0 Å². The normalized spacial score (nSPS) is 33.5. The Kier molecular flexibility index (Phi) is 6.74. The zero-order valence-corrected chi connectivity index (χ0v) is 23.7. The van der Waals surface area contributed by atoms with E-state index in [4.69, 9.17) is 51.6 Å². The molecule has 19 nitrogen and oxygen atoms in total. The highest BCUT2D eigenvalue weighted by Crippen LogP contribution is 2.53. The largest absolute Gasteiger partial charge is 0.394 e. The molecule has 7 N–H and O–H groups in total. The van der Waals surface area contributed by atoms with E-state index in [9.17, 15) is 14.8 Å². The molecule has 3 aliphatic heterocycles. The summed E-state index contributed by atoms with van der Waals surface area (Å²) in [5, 5.41) is 9.68. The summed E-state index contributed by atoms with van der Waals surface area (Å²) in [7, 11) is 0. The zero-order chi connectivity index (χ0) is 30.3. The molecular formula is C21H24FN10O9PS. The number of anilines is 2.